The predicted octanol–water partition coefficient (Wildman–Crippen LogP) is 5.70. The number of thiazole rings is 1. The van der Waals surface area contributed by atoms with Gasteiger partial charge in [-0.25, -0.2) is 9.79 Å². The maximum absolute atomic E-state index is 14.1. The summed E-state index contributed by atoms with van der Waals surface area (Å²) in [4.78, 5) is 32.4. The van der Waals surface area contributed by atoms with E-state index >= 15 is 0 Å². The van der Waals surface area contributed by atoms with Crippen LogP contribution in [0.4, 0.5) is 0 Å². The maximum Gasteiger partial charge on any atom is 0.338 e. The monoisotopic (exact) mass is 638 g/mol. The van der Waals surface area contributed by atoms with Crippen LogP contribution in [0.1, 0.15) is 36.6 Å². The Morgan fingerprint density at radius 1 is 1.05 bits per heavy atom. The fourth-order valence-electron chi connectivity index (χ4n) is 4.84. The van der Waals surface area contributed by atoms with E-state index in [1.165, 1.54) is 30.1 Å². The molecule has 0 radical (unpaired) electrons. The molecule has 1 aliphatic rings. The topological polar surface area (TPSA) is 88.4 Å². The smallest absolute Gasteiger partial charge is 0.338 e. The van der Waals surface area contributed by atoms with Gasteiger partial charge in [-0.2, -0.15) is 0 Å². The number of hydrogen-bond acceptors (Lipinski definition) is 8. The molecule has 0 fully saturated rings. The molecule has 11 heteroatoms. The highest BCUT2D eigenvalue weighted by Gasteiger charge is 2.34. The first-order valence-electron chi connectivity index (χ1n) is 13.3. The molecule has 1 atom stereocenters. The standard InChI is InChI=1S/C32H28Cl2N2O6S/c1-5-41-31(38)27-18(2)35-32-36(28(27)20-11-12-24(39-3)25(14-20)40-4)30(37)26(43-32)15-21-13-22(33)16-23(34)29(21)42-17-19-9-7-6-8-10-19/h6-16,28H,5,17H2,1-4H3/t28-/m0/s1. The highest BCUT2D eigenvalue weighted by atomic mass is 35.5. The second-order valence-corrected chi connectivity index (χ2v) is 11.3. The van der Waals surface area contributed by atoms with Gasteiger partial charge in [-0.05, 0) is 55.3 Å². The molecule has 3 aromatic carbocycles. The van der Waals surface area contributed by atoms with Crippen LogP contribution in [0, 0.1) is 0 Å². The van der Waals surface area contributed by atoms with Crippen molar-refractivity contribution < 1.29 is 23.7 Å². The fourth-order valence-corrected chi connectivity index (χ4v) is 6.44. The molecule has 0 saturated carbocycles. The molecule has 0 N–H and O–H groups in total. The molecule has 1 aromatic heterocycles. The van der Waals surface area contributed by atoms with Crippen LogP contribution in [-0.4, -0.2) is 31.4 Å². The molecule has 0 aliphatic carbocycles. The Hall–Kier alpha value is -4.05. The van der Waals surface area contributed by atoms with Crippen molar-refractivity contribution in [1.29, 1.82) is 0 Å². The number of benzene rings is 3. The summed E-state index contributed by atoms with van der Waals surface area (Å²) in [5.74, 6) is 0.795. The fraction of sp³-hybridized carbons (Fsp3) is 0.219. The summed E-state index contributed by atoms with van der Waals surface area (Å²) in [5.41, 5.74) is 2.45. The number of methoxy groups -OCH3 is 2. The zero-order valence-electron chi connectivity index (χ0n) is 23.9. The Labute approximate surface area is 262 Å². The highest BCUT2D eigenvalue weighted by Crippen LogP contribution is 2.37. The number of nitrogens with zero attached hydrogens (tertiary/aromatic N) is 2. The molecule has 4 aromatic rings. The van der Waals surface area contributed by atoms with Crippen LogP contribution in [0.25, 0.3) is 6.08 Å². The Balaban J connectivity index is 1.68. The first-order valence-corrected chi connectivity index (χ1v) is 14.9. The molecule has 0 amide bonds. The van der Waals surface area contributed by atoms with E-state index in [0.717, 1.165) is 5.56 Å². The second-order valence-electron chi connectivity index (χ2n) is 9.50. The highest BCUT2D eigenvalue weighted by molar-refractivity contribution is 7.07. The van der Waals surface area contributed by atoms with E-state index in [-0.39, 0.29) is 24.3 Å². The van der Waals surface area contributed by atoms with Crippen LogP contribution in [0.2, 0.25) is 10.0 Å². The molecule has 0 saturated heterocycles. The van der Waals surface area contributed by atoms with Crippen molar-refractivity contribution in [3.05, 3.63) is 118 Å². The summed E-state index contributed by atoms with van der Waals surface area (Å²) in [7, 11) is 3.06. The Bertz CT molecular complexity index is 1900. The van der Waals surface area contributed by atoms with E-state index in [1.54, 1.807) is 50.3 Å². The van der Waals surface area contributed by atoms with E-state index in [4.69, 9.17) is 42.1 Å². The Kier molecular flexibility index (Phi) is 9.25. The lowest BCUT2D eigenvalue weighted by Crippen LogP contribution is -2.40. The predicted molar refractivity (Wildman–Crippen MR) is 167 cm³/mol. The first-order chi connectivity index (χ1) is 20.7. The van der Waals surface area contributed by atoms with Gasteiger partial charge in [0.25, 0.3) is 5.56 Å². The first kappa shape index (κ1) is 30.4. The van der Waals surface area contributed by atoms with Crippen LogP contribution in [0.5, 0.6) is 17.2 Å². The number of rotatable bonds is 9. The third-order valence-electron chi connectivity index (χ3n) is 6.79. The minimum absolute atomic E-state index is 0.167. The molecule has 5 rings (SSSR count). The maximum atomic E-state index is 14.1. The van der Waals surface area contributed by atoms with Gasteiger partial charge in [0.15, 0.2) is 16.3 Å². The molecular formula is C32H28Cl2N2O6S. The van der Waals surface area contributed by atoms with Gasteiger partial charge in [0.2, 0.25) is 0 Å². The van der Waals surface area contributed by atoms with Crippen molar-refractivity contribution >= 4 is 46.6 Å². The zero-order valence-corrected chi connectivity index (χ0v) is 26.2. The second kappa shape index (κ2) is 13.1. The normalized spacial score (nSPS) is 14.7. The zero-order chi connectivity index (χ0) is 30.7. The van der Waals surface area contributed by atoms with E-state index in [0.29, 0.717) is 53.5 Å². The number of fused-ring (bicyclic) bond motifs is 1. The van der Waals surface area contributed by atoms with Crippen LogP contribution < -0.4 is 29.1 Å². The summed E-state index contributed by atoms with van der Waals surface area (Å²) in [6.45, 7) is 3.89. The van der Waals surface area contributed by atoms with E-state index < -0.39 is 12.0 Å². The third kappa shape index (κ3) is 6.20. The SMILES string of the molecule is CCOC(=O)C1=C(C)N=c2sc(=Cc3cc(Cl)cc(Cl)c3OCc3ccccc3)c(=O)n2[C@H]1c1ccc(OC)c(OC)c1. The quantitative estimate of drug-likeness (QED) is 0.219. The summed E-state index contributed by atoms with van der Waals surface area (Å²) < 4.78 is 24.3. The van der Waals surface area contributed by atoms with Gasteiger partial charge in [0.05, 0.1) is 47.7 Å². The van der Waals surface area contributed by atoms with Gasteiger partial charge < -0.3 is 18.9 Å². The number of halogens is 2. The molecule has 0 unspecified atom stereocenters. The molecule has 43 heavy (non-hydrogen) atoms. The van der Waals surface area contributed by atoms with E-state index in [9.17, 15) is 9.59 Å². The Morgan fingerprint density at radius 3 is 2.49 bits per heavy atom. The number of allylic oxidation sites excluding steroid dienone is 1. The number of hydrogen-bond donors (Lipinski definition) is 0. The van der Waals surface area contributed by atoms with Crippen molar-refractivity contribution in [2.24, 2.45) is 4.99 Å². The van der Waals surface area contributed by atoms with Crippen molar-refractivity contribution in [3.8, 4) is 17.2 Å². The number of aromatic nitrogens is 1. The van der Waals surface area contributed by atoms with E-state index in [2.05, 4.69) is 4.99 Å². The molecule has 0 bridgehead atoms. The van der Waals surface area contributed by atoms with Gasteiger partial charge in [-0.1, -0.05) is 70.9 Å². The summed E-state index contributed by atoms with van der Waals surface area (Å²) >= 11 is 14.1. The summed E-state index contributed by atoms with van der Waals surface area (Å²) in [6.07, 6.45) is 1.68. The average Bonchev–Trinajstić information content (AvgIpc) is 3.29. The summed E-state index contributed by atoms with van der Waals surface area (Å²) in [5, 5.41) is 0.700. The lowest BCUT2D eigenvalue weighted by molar-refractivity contribution is -0.139. The number of carbonyl (C=O) groups is 1. The average molecular weight is 640 g/mol. The number of carbonyl (C=O) groups excluding carboxylic acids is 1. The minimum atomic E-state index is -0.825. The van der Waals surface area contributed by atoms with Crippen LogP contribution in [0.15, 0.2) is 81.7 Å². The van der Waals surface area contributed by atoms with Gasteiger partial charge in [0.1, 0.15) is 12.4 Å². The number of esters is 1. The summed E-state index contributed by atoms with van der Waals surface area (Å²) in [6, 6.07) is 17.4. The molecule has 2 heterocycles. The van der Waals surface area contributed by atoms with Crippen molar-refractivity contribution in [2.45, 2.75) is 26.5 Å². The lowest BCUT2D eigenvalue weighted by Gasteiger charge is -2.25. The lowest BCUT2D eigenvalue weighted by atomic mass is 9.95. The largest absolute Gasteiger partial charge is 0.493 e. The number of ether oxygens (including phenoxy) is 4. The van der Waals surface area contributed by atoms with Gasteiger partial charge in [0, 0.05) is 10.6 Å². The third-order valence-corrected chi connectivity index (χ3v) is 8.27. The van der Waals surface area contributed by atoms with Crippen LogP contribution >= 0.6 is 34.5 Å². The van der Waals surface area contributed by atoms with Crippen molar-refractivity contribution in [1.82, 2.24) is 4.57 Å². The van der Waals surface area contributed by atoms with Crippen LogP contribution in [0.3, 0.4) is 0 Å². The molecule has 222 valence electrons. The Morgan fingerprint density at radius 2 is 1.79 bits per heavy atom. The molecule has 1 aliphatic heterocycles. The molecule has 0 spiro atoms. The molecule has 8 nitrogen and oxygen atoms in total. The van der Waals surface area contributed by atoms with Crippen molar-refractivity contribution in [3.63, 3.8) is 0 Å². The minimum Gasteiger partial charge on any atom is -0.493 e. The van der Waals surface area contributed by atoms with Crippen molar-refractivity contribution in [2.75, 3.05) is 20.8 Å². The van der Waals surface area contributed by atoms with Gasteiger partial charge >= 0.3 is 5.97 Å². The van der Waals surface area contributed by atoms with Crippen LogP contribution in [-0.2, 0) is 16.1 Å². The van der Waals surface area contributed by atoms with Gasteiger partial charge in [-0.15, -0.1) is 0 Å². The van der Waals surface area contributed by atoms with E-state index in [1.807, 2.05) is 30.3 Å². The molecular weight excluding hydrogens is 611 g/mol. The van der Waals surface area contributed by atoms with Gasteiger partial charge in [-0.3, -0.25) is 9.36 Å².